The lowest BCUT2D eigenvalue weighted by atomic mass is 10.1. The fraction of sp³-hybridized carbons (Fsp3) is 0.222. The molecule has 1 unspecified atom stereocenters. The lowest BCUT2D eigenvalue weighted by molar-refractivity contribution is 0.221. The van der Waals surface area contributed by atoms with Crippen molar-refractivity contribution in [3.05, 3.63) is 38.3 Å². The smallest absolute Gasteiger partial charge is 0.109 e. The molecule has 0 aromatic carbocycles. The predicted molar refractivity (Wildman–Crippen MR) is 61.6 cm³/mol. The molecule has 0 spiro atoms. The number of hydrogen-bond acceptors (Lipinski definition) is 3. The first-order valence-electron chi connectivity index (χ1n) is 4.19. The van der Waals surface area contributed by atoms with Crippen LogP contribution in [0.25, 0.3) is 0 Å². The third-order valence-corrected chi connectivity index (χ3v) is 3.54. The Morgan fingerprint density at radius 1 is 1.53 bits per heavy atom. The van der Waals surface area contributed by atoms with Gasteiger partial charge in [0.15, 0.2) is 0 Å². The van der Waals surface area contributed by atoms with E-state index in [1.165, 1.54) is 11.3 Å². The number of halogens is 2. The molecule has 0 aliphatic heterocycles. The van der Waals surface area contributed by atoms with Crippen LogP contribution in [0.2, 0.25) is 8.67 Å². The molecule has 2 aromatic rings. The van der Waals surface area contributed by atoms with Crippen LogP contribution in [0.3, 0.4) is 0 Å². The molecule has 0 radical (unpaired) electrons. The Morgan fingerprint density at radius 2 is 2.27 bits per heavy atom. The molecular weight excluding hydrogens is 255 g/mol. The largest absolute Gasteiger partial charge is 0.383 e. The van der Waals surface area contributed by atoms with Gasteiger partial charge in [0.1, 0.15) is 10.4 Å². The summed E-state index contributed by atoms with van der Waals surface area (Å²) in [4.78, 5) is 0. The molecule has 0 fully saturated rings. The fourth-order valence-corrected chi connectivity index (χ4v) is 2.82. The summed E-state index contributed by atoms with van der Waals surface area (Å²) in [5.41, 5.74) is 1.33. The second kappa shape index (κ2) is 4.14. The van der Waals surface area contributed by atoms with Crippen molar-refractivity contribution in [2.45, 2.75) is 6.10 Å². The van der Waals surface area contributed by atoms with Gasteiger partial charge in [-0.3, -0.25) is 4.68 Å². The van der Waals surface area contributed by atoms with E-state index in [-0.39, 0.29) is 0 Å². The molecule has 0 bridgehead atoms. The number of hydrogen-bond donors (Lipinski definition) is 1. The summed E-state index contributed by atoms with van der Waals surface area (Å²) in [7, 11) is 1.79. The molecule has 2 rings (SSSR count). The van der Waals surface area contributed by atoms with Crippen LogP contribution in [0.5, 0.6) is 0 Å². The zero-order valence-corrected chi connectivity index (χ0v) is 10.1. The van der Waals surface area contributed by atoms with Crippen LogP contribution in [-0.4, -0.2) is 14.9 Å². The standard InChI is InChI=1S/C9H8Cl2N2OS/c1-13-4-5(3-12-13)8(14)6-2-7(10)15-9(6)11/h2-4,8,14H,1H3. The Morgan fingerprint density at radius 3 is 2.73 bits per heavy atom. The Balaban J connectivity index is 2.35. The topological polar surface area (TPSA) is 38.0 Å². The lowest BCUT2D eigenvalue weighted by Gasteiger charge is -2.05. The Hall–Kier alpha value is -0.550. The minimum absolute atomic E-state index is 0.511. The number of aliphatic hydroxyl groups is 1. The number of nitrogens with zero attached hydrogens (tertiary/aromatic N) is 2. The highest BCUT2D eigenvalue weighted by atomic mass is 35.5. The summed E-state index contributed by atoms with van der Waals surface area (Å²) < 4.78 is 2.70. The van der Waals surface area contributed by atoms with Gasteiger partial charge in [-0.15, -0.1) is 11.3 Å². The van der Waals surface area contributed by atoms with Crippen LogP contribution in [-0.2, 0) is 7.05 Å². The first kappa shape index (κ1) is 11.0. The van der Waals surface area contributed by atoms with E-state index in [4.69, 9.17) is 23.2 Å². The summed E-state index contributed by atoms with van der Waals surface area (Å²) in [5.74, 6) is 0. The minimum Gasteiger partial charge on any atom is -0.383 e. The molecule has 0 aliphatic carbocycles. The molecule has 15 heavy (non-hydrogen) atoms. The van der Waals surface area contributed by atoms with Crippen LogP contribution >= 0.6 is 34.5 Å². The molecule has 2 heterocycles. The van der Waals surface area contributed by atoms with E-state index in [0.29, 0.717) is 19.8 Å². The van der Waals surface area contributed by atoms with Gasteiger partial charge in [-0.05, 0) is 6.07 Å². The van der Waals surface area contributed by atoms with Crippen LogP contribution in [0, 0.1) is 0 Å². The average Bonchev–Trinajstić information content (AvgIpc) is 2.71. The highest BCUT2D eigenvalue weighted by Gasteiger charge is 2.17. The Labute approximate surface area is 101 Å². The maximum atomic E-state index is 10.0. The van der Waals surface area contributed by atoms with Gasteiger partial charge in [0, 0.05) is 24.4 Å². The maximum absolute atomic E-state index is 10.0. The SMILES string of the molecule is Cn1cc(C(O)c2cc(Cl)sc2Cl)cn1. The second-order valence-electron chi connectivity index (χ2n) is 3.13. The van der Waals surface area contributed by atoms with Gasteiger partial charge >= 0.3 is 0 Å². The Bertz CT molecular complexity index is 480. The number of aryl methyl sites for hydroxylation is 1. The van der Waals surface area contributed by atoms with E-state index < -0.39 is 6.10 Å². The summed E-state index contributed by atoms with van der Waals surface area (Å²) in [6, 6.07) is 1.67. The molecule has 0 aliphatic rings. The summed E-state index contributed by atoms with van der Waals surface area (Å²) >= 11 is 13.0. The summed E-state index contributed by atoms with van der Waals surface area (Å²) in [5, 5.41) is 14.0. The maximum Gasteiger partial charge on any atom is 0.109 e. The molecule has 80 valence electrons. The molecule has 1 N–H and O–H groups in total. The van der Waals surface area contributed by atoms with Gasteiger partial charge in [-0.2, -0.15) is 5.10 Å². The van der Waals surface area contributed by atoms with E-state index >= 15 is 0 Å². The molecule has 6 heteroatoms. The first-order valence-corrected chi connectivity index (χ1v) is 5.76. The van der Waals surface area contributed by atoms with Gasteiger partial charge in [-0.1, -0.05) is 23.2 Å². The van der Waals surface area contributed by atoms with Crippen LogP contribution in [0.4, 0.5) is 0 Å². The van der Waals surface area contributed by atoms with E-state index in [9.17, 15) is 5.11 Å². The quantitative estimate of drug-likeness (QED) is 0.904. The second-order valence-corrected chi connectivity index (χ2v) is 5.42. The van der Waals surface area contributed by atoms with Crippen molar-refractivity contribution in [3.63, 3.8) is 0 Å². The molecule has 0 saturated heterocycles. The average molecular weight is 263 g/mol. The van der Waals surface area contributed by atoms with Gasteiger partial charge < -0.3 is 5.11 Å². The van der Waals surface area contributed by atoms with Crippen molar-refractivity contribution < 1.29 is 5.11 Å². The number of aliphatic hydroxyl groups excluding tert-OH is 1. The Kier molecular flexibility index (Phi) is 3.02. The predicted octanol–water partition coefficient (Wildman–Crippen LogP) is 2.87. The van der Waals surface area contributed by atoms with E-state index in [2.05, 4.69) is 5.10 Å². The first-order chi connectivity index (χ1) is 7.08. The third-order valence-electron chi connectivity index (χ3n) is 2.02. The van der Waals surface area contributed by atoms with Crippen LogP contribution in [0.1, 0.15) is 17.2 Å². The number of thiophene rings is 1. The minimum atomic E-state index is -0.769. The number of aromatic nitrogens is 2. The molecule has 0 amide bonds. The third kappa shape index (κ3) is 2.18. The summed E-state index contributed by atoms with van der Waals surface area (Å²) in [6.45, 7) is 0. The molecule has 3 nitrogen and oxygen atoms in total. The van der Waals surface area contributed by atoms with E-state index in [1.807, 2.05) is 0 Å². The zero-order valence-electron chi connectivity index (χ0n) is 7.82. The van der Waals surface area contributed by atoms with Crippen molar-refractivity contribution in [2.24, 2.45) is 7.05 Å². The van der Waals surface area contributed by atoms with Gasteiger partial charge in [0.05, 0.1) is 10.5 Å². The molecule has 0 saturated carbocycles. The van der Waals surface area contributed by atoms with Crippen molar-refractivity contribution in [2.75, 3.05) is 0 Å². The molecule has 2 aromatic heterocycles. The number of rotatable bonds is 2. The molecular formula is C9H8Cl2N2OS. The fourth-order valence-electron chi connectivity index (χ4n) is 1.30. The van der Waals surface area contributed by atoms with Crippen LogP contribution in [0.15, 0.2) is 18.5 Å². The summed E-state index contributed by atoms with van der Waals surface area (Å²) in [6.07, 6.45) is 2.58. The zero-order chi connectivity index (χ0) is 11.0. The van der Waals surface area contributed by atoms with Gasteiger partial charge in [0.2, 0.25) is 0 Å². The van der Waals surface area contributed by atoms with Crippen molar-refractivity contribution in [1.82, 2.24) is 9.78 Å². The highest BCUT2D eigenvalue weighted by molar-refractivity contribution is 7.20. The lowest BCUT2D eigenvalue weighted by Crippen LogP contribution is -1.96. The monoisotopic (exact) mass is 262 g/mol. The van der Waals surface area contributed by atoms with Gasteiger partial charge in [0.25, 0.3) is 0 Å². The normalized spacial score (nSPS) is 13.1. The van der Waals surface area contributed by atoms with Crippen molar-refractivity contribution in [3.8, 4) is 0 Å². The van der Waals surface area contributed by atoms with Crippen LogP contribution < -0.4 is 0 Å². The van der Waals surface area contributed by atoms with Crippen molar-refractivity contribution in [1.29, 1.82) is 0 Å². The van der Waals surface area contributed by atoms with E-state index in [0.717, 1.165) is 0 Å². The highest BCUT2D eigenvalue weighted by Crippen LogP contribution is 2.37. The van der Waals surface area contributed by atoms with Gasteiger partial charge in [-0.25, -0.2) is 0 Å². The van der Waals surface area contributed by atoms with Crippen molar-refractivity contribution >= 4 is 34.5 Å². The van der Waals surface area contributed by atoms with E-state index in [1.54, 1.807) is 30.2 Å². The molecule has 1 atom stereocenters.